The van der Waals surface area contributed by atoms with Crippen LogP contribution in [0.5, 0.6) is 0 Å². The fraction of sp³-hybridized carbons (Fsp3) is 0.826. The molecule has 4 aliphatic carbocycles. The molecule has 2 saturated heterocycles. The zero-order valence-corrected chi connectivity index (χ0v) is 16.8. The first-order chi connectivity index (χ1) is 13.3. The van der Waals surface area contributed by atoms with Gasteiger partial charge in [-0.25, -0.2) is 0 Å². The number of ether oxygens (including phenoxy) is 2. The Kier molecular flexibility index (Phi) is 3.28. The van der Waals surface area contributed by atoms with Crippen LogP contribution in [0.15, 0.2) is 11.6 Å². The molecule has 0 aromatic rings. The van der Waals surface area contributed by atoms with Gasteiger partial charge in [0.1, 0.15) is 18.0 Å². The van der Waals surface area contributed by atoms with Gasteiger partial charge < -0.3 is 19.4 Å². The lowest BCUT2D eigenvalue weighted by Gasteiger charge is -2.59. The van der Waals surface area contributed by atoms with E-state index >= 15 is 0 Å². The fourth-order valence-corrected chi connectivity index (χ4v) is 8.65. The smallest absolute Gasteiger partial charge is 0.155 e. The molecule has 0 amide bonds. The van der Waals surface area contributed by atoms with E-state index in [1.165, 1.54) is 0 Å². The number of hydrogen-bond donors (Lipinski definition) is 1. The van der Waals surface area contributed by atoms with Crippen LogP contribution < -0.4 is 0 Å². The molecule has 2 spiro atoms. The van der Waals surface area contributed by atoms with Crippen LogP contribution >= 0.6 is 0 Å². The highest BCUT2D eigenvalue weighted by molar-refractivity contribution is 5.92. The topological polar surface area (TPSA) is 76.1 Å². The SMILES string of the molecule is C[C@]12C(CC[C@@]13CCCO3)C1[C@H](C=O)CC3=CC(=O)CC[C@]3(C)[C@]13O[C@@H]3C2O. The summed E-state index contributed by atoms with van der Waals surface area (Å²) < 4.78 is 12.9. The lowest BCUT2D eigenvalue weighted by atomic mass is 9.43. The molecule has 28 heavy (non-hydrogen) atoms. The molecule has 3 saturated carbocycles. The van der Waals surface area contributed by atoms with Gasteiger partial charge in [0.05, 0.1) is 11.7 Å². The zero-order valence-electron chi connectivity index (χ0n) is 16.8. The van der Waals surface area contributed by atoms with Gasteiger partial charge in [-0.15, -0.1) is 0 Å². The maximum Gasteiger partial charge on any atom is 0.155 e. The average Bonchev–Trinajstić information content (AvgIpc) is 3.12. The molecule has 0 aromatic heterocycles. The summed E-state index contributed by atoms with van der Waals surface area (Å²) in [6, 6.07) is 0. The first-order valence-electron chi connectivity index (χ1n) is 11.0. The fourth-order valence-electron chi connectivity index (χ4n) is 8.65. The minimum Gasteiger partial charge on any atom is -0.390 e. The molecule has 2 heterocycles. The van der Waals surface area contributed by atoms with E-state index in [0.29, 0.717) is 12.8 Å². The number of hydrogen-bond acceptors (Lipinski definition) is 5. The van der Waals surface area contributed by atoms with Crippen molar-refractivity contribution < 1.29 is 24.2 Å². The summed E-state index contributed by atoms with van der Waals surface area (Å²) >= 11 is 0. The summed E-state index contributed by atoms with van der Waals surface area (Å²) in [5.74, 6) is 0.320. The molecular weight excluding hydrogens is 356 g/mol. The number of aliphatic hydroxyl groups is 1. The number of epoxide rings is 1. The van der Waals surface area contributed by atoms with Crippen LogP contribution in [0.3, 0.4) is 0 Å². The number of rotatable bonds is 1. The molecule has 1 N–H and O–H groups in total. The van der Waals surface area contributed by atoms with E-state index < -0.39 is 11.7 Å². The van der Waals surface area contributed by atoms with Crippen molar-refractivity contribution in [2.75, 3.05) is 6.61 Å². The second kappa shape index (κ2) is 5.16. The number of ketones is 1. The van der Waals surface area contributed by atoms with Crippen LogP contribution in [-0.4, -0.2) is 47.2 Å². The Hall–Kier alpha value is -1.04. The van der Waals surface area contributed by atoms with E-state index in [1.807, 2.05) is 0 Å². The van der Waals surface area contributed by atoms with E-state index in [1.54, 1.807) is 6.08 Å². The third-order valence-corrected chi connectivity index (χ3v) is 10.1. The van der Waals surface area contributed by atoms with Gasteiger partial charge in [0.25, 0.3) is 0 Å². The van der Waals surface area contributed by atoms with Crippen LogP contribution in [-0.2, 0) is 19.1 Å². The highest BCUT2D eigenvalue weighted by Gasteiger charge is 2.85. The Morgan fingerprint density at radius 2 is 2.07 bits per heavy atom. The average molecular weight is 386 g/mol. The van der Waals surface area contributed by atoms with Crippen molar-refractivity contribution in [3.63, 3.8) is 0 Å². The van der Waals surface area contributed by atoms with Crippen LogP contribution in [0.4, 0.5) is 0 Å². The first-order valence-corrected chi connectivity index (χ1v) is 11.0. The molecule has 0 aromatic carbocycles. The van der Waals surface area contributed by atoms with Crippen LogP contribution in [0.25, 0.3) is 0 Å². The highest BCUT2D eigenvalue weighted by atomic mass is 16.6. The largest absolute Gasteiger partial charge is 0.390 e. The number of aliphatic hydroxyl groups excluding tert-OH is 1. The van der Waals surface area contributed by atoms with Gasteiger partial charge in [-0.05, 0) is 50.5 Å². The van der Waals surface area contributed by atoms with Gasteiger partial charge in [-0.3, -0.25) is 4.79 Å². The van der Waals surface area contributed by atoms with Gasteiger partial charge in [0.15, 0.2) is 5.78 Å². The summed E-state index contributed by atoms with van der Waals surface area (Å²) in [4.78, 5) is 24.4. The van der Waals surface area contributed by atoms with Crippen LogP contribution in [0.1, 0.15) is 58.8 Å². The van der Waals surface area contributed by atoms with Crippen LogP contribution in [0, 0.1) is 28.6 Å². The molecule has 6 rings (SSSR count). The Morgan fingerprint density at radius 1 is 1.25 bits per heavy atom. The predicted molar refractivity (Wildman–Crippen MR) is 100 cm³/mol. The third kappa shape index (κ3) is 1.66. The minimum absolute atomic E-state index is 0.0994. The van der Waals surface area contributed by atoms with Crippen LogP contribution in [0.2, 0.25) is 0 Å². The molecule has 5 heteroatoms. The maximum absolute atomic E-state index is 12.3. The summed E-state index contributed by atoms with van der Waals surface area (Å²) in [7, 11) is 0. The van der Waals surface area contributed by atoms with Gasteiger partial charge in [-0.2, -0.15) is 0 Å². The molecule has 0 radical (unpaired) electrons. The van der Waals surface area contributed by atoms with Crippen molar-refractivity contribution in [2.24, 2.45) is 28.6 Å². The summed E-state index contributed by atoms with van der Waals surface area (Å²) in [5, 5.41) is 11.6. The molecule has 0 bridgehead atoms. The van der Waals surface area contributed by atoms with Gasteiger partial charge >= 0.3 is 0 Å². The van der Waals surface area contributed by atoms with E-state index in [2.05, 4.69) is 13.8 Å². The van der Waals surface area contributed by atoms with E-state index in [0.717, 1.165) is 50.6 Å². The predicted octanol–water partition coefficient (Wildman–Crippen LogP) is 2.59. The summed E-state index contributed by atoms with van der Waals surface area (Å²) in [6.45, 7) is 5.18. The summed E-state index contributed by atoms with van der Waals surface area (Å²) in [6.07, 6.45) is 7.95. The molecular formula is C23H30O5. The van der Waals surface area contributed by atoms with Gasteiger partial charge in [0.2, 0.25) is 0 Å². The normalized spacial score (nSPS) is 59.2. The summed E-state index contributed by atoms with van der Waals surface area (Å²) in [5.41, 5.74) is -0.341. The number of carbonyl (C=O) groups is 2. The lowest BCUT2D eigenvalue weighted by molar-refractivity contribution is -0.179. The lowest BCUT2D eigenvalue weighted by Crippen LogP contribution is -2.67. The molecule has 152 valence electrons. The molecule has 9 atom stereocenters. The van der Waals surface area contributed by atoms with E-state index in [-0.39, 0.29) is 46.1 Å². The minimum atomic E-state index is -0.588. The Morgan fingerprint density at radius 3 is 2.79 bits per heavy atom. The number of aldehydes is 1. The second-order valence-electron chi connectivity index (χ2n) is 10.6. The number of fused-ring (bicyclic) bond motifs is 4. The molecule has 5 fully saturated rings. The Bertz CT molecular complexity index is 797. The second-order valence-corrected chi connectivity index (χ2v) is 10.6. The molecule has 3 unspecified atom stereocenters. The molecule has 5 nitrogen and oxygen atoms in total. The highest BCUT2D eigenvalue weighted by Crippen LogP contribution is 2.78. The maximum atomic E-state index is 12.3. The third-order valence-electron chi connectivity index (χ3n) is 10.1. The van der Waals surface area contributed by atoms with Crippen molar-refractivity contribution in [1.29, 1.82) is 0 Å². The monoisotopic (exact) mass is 386 g/mol. The van der Waals surface area contributed by atoms with Gasteiger partial charge in [-0.1, -0.05) is 19.4 Å². The quantitative estimate of drug-likeness (QED) is 0.554. The first kappa shape index (κ1) is 17.8. The Labute approximate surface area is 165 Å². The number of carbonyl (C=O) groups excluding carboxylic acids is 2. The van der Waals surface area contributed by atoms with Crippen molar-refractivity contribution in [1.82, 2.24) is 0 Å². The van der Waals surface area contributed by atoms with E-state index in [9.17, 15) is 14.7 Å². The van der Waals surface area contributed by atoms with E-state index in [4.69, 9.17) is 9.47 Å². The van der Waals surface area contributed by atoms with Gasteiger partial charge in [0, 0.05) is 35.7 Å². The molecule has 6 aliphatic rings. The van der Waals surface area contributed by atoms with Crippen molar-refractivity contribution in [2.45, 2.75) is 82.2 Å². The van der Waals surface area contributed by atoms with Crippen molar-refractivity contribution in [3.8, 4) is 0 Å². The molecule has 2 aliphatic heterocycles. The standard InChI is InChI=1S/C23H30O5/c1-20-7-4-15(25)11-14(20)10-13(12-24)17-16-5-8-22(6-3-9-27-22)21(16,2)18(26)19-23(17,20)28-19/h11-13,16-19,26H,3-10H2,1-2H3/t13-,16?,17?,18?,19+,20-,21+,22-,23-/m0/s1. The zero-order chi connectivity index (χ0) is 19.5. The Balaban J connectivity index is 1.52. The van der Waals surface area contributed by atoms with Crippen molar-refractivity contribution >= 4 is 12.1 Å². The van der Waals surface area contributed by atoms with Crippen molar-refractivity contribution in [3.05, 3.63) is 11.6 Å².